The maximum absolute atomic E-state index is 14.8. The Bertz CT molecular complexity index is 931. The van der Waals surface area contributed by atoms with Crippen molar-refractivity contribution in [2.45, 2.75) is 45.4 Å². The van der Waals surface area contributed by atoms with E-state index in [4.69, 9.17) is 9.94 Å². The minimum Gasteiger partial charge on any atom is -0.457 e. The predicted molar refractivity (Wildman–Crippen MR) is 112 cm³/mol. The van der Waals surface area contributed by atoms with Crippen LogP contribution in [0.3, 0.4) is 0 Å². The molecule has 0 spiro atoms. The number of benzene rings is 2. The molecule has 0 saturated heterocycles. The van der Waals surface area contributed by atoms with Crippen LogP contribution in [0, 0.1) is 25.6 Å². The SMILES string of the molecule is C=CC1CCC(c2ccc(Oc3c(C)cc(P(=O)(O)NO)cc3C)cc2F)CC1. The lowest BCUT2D eigenvalue weighted by Gasteiger charge is -2.27. The van der Waals surface area contributed by atoms with E-state index >= 15 is 0 Å². The molecule has 156 valence electrons. The normalized spacial score (nSPS) is 21.4. The number of hydrogen-bond donors (Lipinski definition) is 3. The summed E-state index contributed by atoms with van der Waals surface area (Å²) < 4.78 is 32.6. The van der Waals surface area contributed by atoms with Crippen LogP contribution in [-0.4, -0.2) is 10.1 Å². The predicted octanol–water partition coefficient (Wildman–Crippen LogP) is 5.48. The van der Waals surface area contributed by atoms with Crippen molar-refractivity contribution in [3.8, 4) is 11.5 Å². The van der Waals surface area contributed by atoms with Gasteiger partial charge < -0.3 is 14.8 Å². The highest BCUT2D eigenvalue weighted by atomic mass is 31.2. The van der Waals surface area contributed by atoms with Crippen molar-refractivity contribution in [1.82, 2.24) is 5.25 Å². The number of rotatable bonds is 6. The molecule has 1 fully saturated rings. The van der Waals surface area contributed by atoms with Gasteiger partial charge in [-0.15, -0.1) is 11.8 Å². The van der Waals surface area contributed by atoms with Crippen molar-refractivity contribution in [1.29, 1.82) is 0 Å². The second-order valence-corrected chi connectivity index (χ2v) is 9.59. The second kappa shape index (κ2) is 8.80. The van der Waals surface area contributed by atoms with Crippen molar-refractivity contribution in [3.05, 3.63) is 65.5 Å². The average molecular weight is 419 g/mol. The molecule has 7 heteroatoms. The number of halogens is 1. The first-order valence-corrected chi connectivity index (χ1v) is 11.4. The molecule has 2 aromatic rings. The van der Waals surface area contributed by atoms with Crippen molar-refractivity contribution < 1.29 is 23.8 Å². The lowest BCUT2D eigenvalue weighted by Crippen LogP contribution is -2.16. The van der Waals surface area contributed by atoms with Gasteiger partial charge in [0.15, 0.2) is 0 Å². The third kappa shape index (κ3) is 4.78. The first-order valence-electron chi connectivity index (χ1n) is 9.71. The molecular formula is C22H27FNO4P. The number of allylic oxidation sites excluding steroid dienone is 1. The van der Waals surface area contributed by atoms with Gasteiger partial charge >= 0.3 is 7.52 Å². The Balaban J connectivity index is 1.80. The van der Waals surface area contributed by atoms with Crippen LogP contribution < -0.4 is 15.3 Å². The van der Waals surface area contributed by atoms with Crippen LogP contribution in [0.15, 0.2) is 43.0 Å². The maximum Gasteiger partial charge on any atom is 0.319 e. The van der Waals surface area contributed by atoms with E-state index in [1.807, 2.05) is 6.08 Å². The number of aryl methyl sites for hydroxylation is 2. The molecule has 1 aliphatic rings. The zero-order valence-electron chi connectivity index (χ0n) is 16.7. The quantitative estimate of drug-likeness (QED) is 0.328. The summed E-state index contributed by atoms with van der Waals surface area (Å²) in [6.45, 7) is 7.31. The molecule has 1 atom stereocenters. The summed E-state index contributed by atoms with van der Waals surface area (Å²) in [5.74, 6) is 1.33. The zero-order chi connectivity index (χ0) is 21.2. The monoisotopic (exact) mass is 419 g/mol. The van der Waals surface area contributed by atoms with Crippen LogP contribution in [0.5, 0.6) is 11.5 Å². The first-order chi connectivity index (χ1) is 13.7. The standard InChI is InChI=1S/C22H27FNO4P/c1-4-16-5-7-17(8-6-16)20-10-9-18(13-21(20)23)28-22-14(2)11-19(12-15(22)3)29(26,27)24-25/h4,9-13,16-17,25H,1,5-8H2,2-3H3,(H2,24,26,27). The summed E-state index contributed by atoms with van der Waals surface area (Å²) in [6, 6.07) is 7.88. The molecule has 0 radical (unpaired) electrons. The lowest BCUT2D eigenvalue weighted by molar-refractivity contribution is 0.226. The zero-order valence-corrected chi connectivity index (χ0v) is 17.6. The molecule has 3 N–H and O–H groups in total. The molecule has 29 heavy (non-hydrogen) atoms. The van der Waals surface area contributed by atoms with Crippen LogP contribution >= 0.6 is 7.52 Å². The van der Waals surface area contributed by atoms with E-state index in [2.05, 4.69) is 6.58 Å². The Morgan fingerprint density at radius 1 is 1.17 bits per heavy atom. The van der Waals surface area contributed by atoms with Crippen molar-refractivity contribution in [2.75, 3.05) is 0 Å². The fraction of sp³-hybridized carbons (Fsp3) is 0.364. The first kappa shape index (κ1) is 21.7. The molecule has 3 rings (SSSR count). The van der Waals surface area contributed by atoms with Gasteiger partial charge in [-0.2, -0.15) is 0 Å². The molecule has 1 unspecified atom stereocenters. The van der Waals surface area contributed by atoms with Crippen molar-refractivity contribution in [3.63, 3.8) is 0 Å². The second-order valence-electron chi connectivity index (χ2n) is 7.72. The molecule has 0 heterocycles. The molecule has 1 aliphatic carbocycles. The highest BCUT2D eigenvalue weighted by Gasteiger charge is 2.24. The van der Waals surface area contributed by atoms with Gasteiger partial charge in [-0.05, 0) is 86.3 Å². The average Bonchev–Trinajstić information content (AvgIpc) is 2.70. The lowest BCUT2D eigenvalue weighted by atomic mass is 9.78. The third-order valence-electron chi connectivity index (χ3n) is 5.67. The molecule has 0 bridgehead atoms. The van der Waals surface area contributed by atoms with Crippen molar-refractivity contribution >= 4 is 12.8 Å². The molecule has 0 amide bonds. The van der Waals surface area contributed by atoms with Crippen LogP contribution in [0.4, 0.5) is 4.39 Å². The van der Waals surface area contributed by atoms with Gasteiger partial charge in [-0.3, -0.25) is 4.57 Å². The largest absolute Gasteiger partial charge is 0.457 e. The summed E-state index contributed by atoms with van der Waals surface area (Å²) in [5, 5.41) is 10.4. The van der Waals surface area contributed by atoms with Gasteiger partial charge in [0.05, 0.1) is 5.30 Å². The minimum atomic E-state index is -4.04. The maximum atomic E-state index is 14.8. The molecule has 1 saturated carbocycles. The summed E-state index contributed by atoms with van der Waals surface area (Å²) >= 11 is 0. The minimum absolute atomic E-state index is 0.0685. The van der Waals surface area contributed by atoms with Gasteiger partial charge in [0.25, 0.3) is 0 Å². The molecule has 2 aromatic carbocycles. The van der Waals surface area contributed by atoms with Crippen LogP contribution in [-0.2, 0) is 4.57 Å². The summed E-state index contributed by atoms with van der Waals surface area (Å²) in [7, 11) is -4.04. The van der Waals surface area contributed by atoms with Crippen LogP contribution in [0.25, 0.3) is 0 Å². The topological polar surface area (TPSA) is 78.8 Å². The van der Waals surface area contributed by atoms with E-state index in [1.165, 1.54) is 23.4 Å². The van der Waals surface area contributed by atoms with Crippen LogP contribution in [0.1, 0.15) is 48.3 Å². The Labute approximate surface area is 170 Å². The Kier molecular flexibility index (Phi) is 6.59. The van der Waals surface area contributed by atoms with E-state index in [-0.39, 0.29) is 17.0 Å². The van der Waals surface area contributed by atoms with Crippen molar-refractivity contribution in [2.24, 2.45) is 5.92 Å². The van der Waals surface area contributed by atoms with E-state index in [0.29, 0.717) is 28.5 Å². The van der Waals surface area contributed by atoms with Gasteiger partial charge in [0.2, 0.25) is 0 Å². The van der Waals surface area contributed by atoms with Gasteiger partial charge in [0, 0.05) is 6.07 Å². The van der Waals surface area contributed by atoms with E-state index in [0.717, 1.165) is 31.2 Å². The summed E-state index contributed by atoms with van der Waals surface area (Å²) in [6.07, 6.45) is 5.97. The molecule has 0 aliphatic heterocycles. The summed E-state index contributed by atoms with van der Waals surface area (Å²) in [4.78, 5) is 9.75. The smallest absolute Gasteiger partial charge is 0.319 e. The Morgan fingerprint density at radius 3 is 2.31 bits per heavy atom. The molecular weight excluding hydrogens is 392 g/mol. The van der Waals surface area contributed by atoms with E-state index in [9.17, 15) is 13.8 Å². The number of ether oxygens (including phenoxy) is 1. The Hall–Kier alpha value is -1.98. The van der Waals surface area contributed by atoms with E-state index in [1.54, 1.807) is 26.0 Å². The number of nitrogens with one attached hydrogen (secondary N) is 1. The summed E-state index contributed by atoms with van der Waals surface area (Å²) in [5.41, 5.74) is 1.94. The van der Waals surface area contributed by atoms with E-state index < -0.39 is 7.52 Å². The highest BCUT2D eigenvalue weighted by molar-refractivity contribution is 7.63. The Morgan fingerprint density at radius 2 is 1.79 bits per heavy atom. The molecule has 5 nitrogen and oxygen atoms in total. The fourth-order valence-corrected chi connectivity index (χ4v) is 4.86. The fourth-order valence-electron chi connectivity index (χ4n) is 4.01. The number of hydrogen-bond acceptors (Lipinski definition) is 3. The third-order valence-corrected chi connectivity index (χ3v) is 6.90. The van der Waals surface area contributed by atoms with Gasteiger partial charge in [-0.1, -0.05) is 12.1 Å². The molecule has 0 aromatic heterocycles. The van der Waals surface area contributed by atoms with Gasteiger partial charge in [0.1, 0.15) is 17.3 Å². The van der Waals surface area contributed by atoms with Gasteiger partial charge in [-0.25, -0.2) is 4.39 Å². The highest BCUT2D eigenvalue weighted by Crippen LogP contribution is 2.40. The van der Waals surface area contributed by atoms with Crippen LogP contribution in [0.2, 0.25) is 0 Å².